The molecular formula is C24H25FN2O. The minimum Gasteiger partial charge on any atom is -0.508 e. The van der Waals surface area contributed by atoms with Gasteiger partial charge in [0.05, 0.1) is 0 Å². The molecule has 2 heterocycles. The summed E-state index contributed by atoms with van der Waals surface area (Å²) < 4.78 is 14.6. The number of H-pyrrole nitrogens is 1. The molecule has 0 saturated carbocycles. The van der Waals surface area contributed by atoms with Crippen molar-refractivity contribution in [1.82, 2.24) is 9.88 Å². The zero-order valence-electron chi connectivity index (χ0n) is 15.9. The van der Waals surface area contributed by atoms with Crippen molar-refractivity contribution in [3.8, 4) is 5.75 Å². The Labute approximate surface area is 164 Å². The van der Waals surface area contributed by atoms with E-state index in [0.717, 1.165) is 61.1 Å². The van der Waals surface area contributed by atoms with Crippen molar-refractivity contribution in [2.75, 3.05) is 19.6 Å². The zero-order chi connectivity index (χ0) is 19.3. The molecular weight excluding hydrogens is 351 g/mol. The van der Waals surface area contributed by atoms with Gasteiger partial charge in [-0.15, -0.1) is 6.58 Å². The van der Waals surface area contributed by atoms with Crippen molar-refractivity contribution >= 4 is 10.9 Å². The summed E-state index contributed by atoms with van der Waals surface area (Å²) in [7, 11) is 0. The van der Waals surface area contributed by atoms with Crippen LogP contribution in [0.15, 0.2) is 55.1 Å². The fraction of sp³-hybridized carbons (Fsp3) is 0.333. The van der Waals surface area contributed by atoms with Gasteiger partial charge in [-0.25, -0.2) is 4.39 Å². The van der Waals surface area contributed by atoms with Gasteiger partial charge in [-0.3, -0.25) is 4.90 Å². The number of nitrogens with one attached hydrogen (secondary N) is 1. The molecule has 1 aliphatic heterocycles. The fourth-order valence-electron chi connectivity index (χ4n) is 5.54. The van der Waals surface area contributed by atoms with Crippen LogP contribution < -0.4 is 0 Å². The van der Waals surface area contributed by atoms with Crippen LogP contribution in [0.3, 0.4) is 0 Å². The van der Waals surface area contributed by atoms with Gasteiger partial charge in [0.15, 0.2) is 0 Å². The molecule has 0 amide bonds. The lowest BCUT2D eigenvalue weighted by atomic mass is 9.58. The number of likely N-dealkylation sites (tertiary alicyclic amines) is 1. The number of aromatic amines is 1. The maximum Gasteiger partial charge on any atom is 0.132 e. The SMILES string of the molecule is C=CCN1CCC2(c3cccc(O)c3)Cc3[nH]c4cccc(F)c4c3CC2C1. The Bertz CT molecular complexity index is 1060. The van der Waals surface area contributed by atoms with Crippen LogP contribution in [-0.2, 0) is 18.3 Å². The Balaban J connectivity index is 1.65. The van der Waals surface area contributed by atoms with Crippen molar-refractivity contribution in [1.29, 1.82) is 0 Å². The number of aromatic nitrogens is 1. The van der Waals surface area contributed by atoms with E-state index in [1.165, 1.54) is 5.56 Å². The molecule has 28 heavy (non-hydrogen) atoms. The van der Waals surface area contributed by atoms with Crippen molar-refractivity contribution in [3.63, 3.8) is 0 Å². The van der Waals surface area contributed by atoms with Crippen molar-refractivity contribution < 1.29 is 9.50 Å². The van der Waals surface area contributed by atoms with Crippen LogP contribution in [0.1, 0.15) is 23.2 Å². The zero-order valence-corrected chi connectivity index (χ0v) is 15.9. The number of hydrogen-bond acceptors (Lipinski definition) is 2. The molecule has 1 fully saturated rings. The predicted octanol–water partition coefficient (Wildman–Crippen LogP) is 4.56. The van der Waals surface area contributed by atoms with Crippen LogP contribution in [0.4, 0.5) is 4.39 Å². The average Bonchev–Trinajstić information content (AvgIpc) is 3.04. The van der Waals surface area contributed by atoms with Gasteiger partial charge in [0.25, 0.3) is 0 Å². The topological polar surface area (TPSA) is 39.3 Å². The van der Waals surface area contributed by atoms with Gasteiger partial charge in [-0.05, 0) is 67.1 Å². The molecule has 2 aliphatic rings. The predicted molar refractivity (Wildman–Crippen MR) is 110 cm³/mol. The number of piperidine rings is 1. The minimum atomic E-state index is -0.140. The normalized spacial score (nSPS) is 24.7. The van der Waals surface area contributed by atoms with Crippen LogP contribution >= 0.6 is 0 Å². The monoisotopic (exact) mass is 376 g/mol. The number of nitrogens with zero attached hydrogens (tertiary/aromatic N) is 1. The highest BCUT2D eigenvalue weighted by molar-refractivity contribution is 5.85. The molecule has 1 aromatic heterocycles. The van der Waals surface area contributed by atoms with Crippen LogP contribution in [0, 0.1) is 11.7 Å². The van der Waals surface area contributed by atoms with E-state index < -0.39 is 0 Å². The van der Waals surface area contributed by atoms with Crippen LogP contribution in [0.2, 0.25) is 0 Å². The quantitative estimate of drug-likeness (QED) is 0.658. The first-order chi connectivity index (χ1) is 13.6. The van der Waals surface area contributed by atoms with Crippen molar-refractivity contribution in [3.05, 3.63) is 77.8 Å². The molecule has 3 aromatic rings. The number of benzene rings is 2. The average molecular weight is 376 g/mol. The third kappa shape index (κ3) is 2.59. The van der Waals surface area contributed by atoms with Crippen LogP contribution in [-0.4, -0.2) is 34.6 Å². The summed E-state index contributed by atoms with van der Waals surface area (Å²) in [5.41, 5.74) is 4.32. The van der Waals surface area contributed by atoms with Crippen molar-refractivity contribution in [2.45, 2.75) is 24.7 Å². The molecule has 144 valence electrons. The summed E-state index contributed by atoms with van der Waals surface area (Å²) >= 11 is 0. The minimum absolute atomic E-state index is 0.0409. The maximum absolute atomic E-state index is 14.6. The third-order valence-corrected chi connectivity index (χ3v) is 6.85. The van der Waals surface area contributed by atoms with E-state index in [9.17, 15) is 9.50 Å². The summed E-state index contributed by atoms with van der Waals surface area (Å²) in [5, 5.41) is 10.9. The first kappa shape index (κ1) is 17.5. The third-order valence-electron chi connectivity index (χ3n) is 6.85. The molecule has 1 saturated heterocycles. The molecule has 2 N–H and O–H groups in total. The number of fused-ring (bicyclic) bond motifs is 4. The molecule has 2 atom stereocenters. The standard InChI is InChI=1S/C24H25FN2O/c1-2-10-27-11-9-24(16-5-3-6-18(28)12-16)14-22-19(13-17(24)15-27)23-20(25)7-4-8-21(23)26-22/h2-8,12,17,26,28H,1,9-11,13-15H2. The molecule has 1 aliphatic carbocycles. The van der Waals surface area contributed by atoms with Gasteiger partial charge in [-0.1, -0.05) is 24.3 Å². The summed E-state index contributed by atoms with van der Waals surface area (Å²) in [5.74, 6) is 0.542. The van der Waals surface area contributed by atoms with Gasteiger partial charge >= 0.3 is 0 Å². The lowest BCUT2D eigenvalue weighted by Crippen LogP contribution is -2.53. The molecule has 0 radical (unpaired) electrons. The molecule has 5 rings (SSSR count). The second kappa shape index (κ2) is 6.49. The number of aromatic hydroxyl groups is 1. The number of phenols is 1. The highest BCUT2D eigenvalue weighted by Gasteiger charge is 2.48. The van der Waals surface area contributed by atoms with E-state index in [1.807, 2.05) is 24.3 Å². The Kier molecular flexibility index (Phi) is 4.06. The molecule has 2 unspecified atom stereocenters. The summed E-state index contributed by atoms with van der Waals surface area (Å²) in [6.07, 6.45) is 4.68. The van der Waals surface area contributed by atoms with E-state index in [0.29, 0.717) is 11.7 Å². The Hall–Kier alpha value is -2.59. The Morgan fingerprint density at radius 2 is 2.14 bits per heavy atom. The van der Waals surface area contributed by atoms with E-state index in [2.05, 4.69) is 22.5 Å². The highest BCUT2D eigenvalue weighted by atomic mass is 19.1. The lowest BCUT2D eigenvalue weighted by molar-refractivity contribution is 0.0895. The maximum atomic E-state index is 14.6. The molecule has 0 spiro atoms. The summed E-state index contributed by atoms with van der Waals surface area (Å²) in [6, 6.07) is 13.0. The van der Waals surface area contributed by atoms with Gasteiger partial charge in [0, 0.05) is 35.1 Å². The highest BCUT2D eigenvalue weighted by Crippen LogP contribution is 2.49. The molecule has 0 bridgehead atoms. The van der Waals surface area contributed by atoms with E-state index >= 15 is 0 Å². The van der Waals surface area contributed by atoms with E-state index in [-0.39, 0.29) is 11.2 Å². The first-order valence-corrected chi connectivity index (χ1v) is 10.0. The van der Waals surface area contributed by atoms with Gasteiger partial charge < -0.3 is 10.1 Å². The summed E-state index contributed by atoms with van der Waals surface area (Å²) in [4.78, 5) is 5.94. The van der Waals surface area contributed by atoms with E-state index in [4.69, 9.17) is 0 Å². The molecule has 3 nitrogen and oxygen atoms in total. The van der Waals surface area contributed by atoms with Crippen LogP contribution in [0.25, 0.3) is 10.9 Å². The number of hydrogen-bond donors (Lipinski definition) is 2. The van der Waals surface area contributed by atoms with Gasteiger partial charge in [0.1, 0.15) is 11.6 Å². The summed E-state index contributed by atoms with van der Waals surface area (Å²) in [6.45, 7) is 6.74. The van der Waals surface area contributed by atoms with E-state index in [1.54, 1.807) is 18.2 Å². The Morgan fingerprint density at radius 3 is 2.96 bits per heavy atom. The number of phenolic OH excluding ortho intramolecular Hbond substituents is 1. The number of rotatable bonds is 3. The second-order valence-corrected chi connectivity index (χ2v) is 8.33. The molecule has 2 aromatic carbocycles. The van der Waals surface area contributed by atoms with Gasteiger partial charge in [0.2, 0.25) is 0 Å². The first-order valence-electron chi connectivity index (χ1n) is 10.0. The molecule has 4 heteroatoms. The van der Waals surface area contributed by atoms with Crippen molar-refractivity contribution in [2.24, 2.45) is 5.92 Å². The van der Waals surface area contributed by atoms with Crippen LogP contribution in [0.5, 0.6) is 5.75 Å². The largest absolute Gasteiger partial charge is 0.508 e. The lowest BCUT2D eigenvalue weighted by Gasteiger charge is -2.51. The smallest absolute Gasteiger partial charge is 0.132 e. The fourth-order valence-corrected chi connectivity index (χ4v) is 5.54. The Morgan fingerprint density at radius 1 is 1.29 bits per heavy atom. The second-order valence-electron chi connectivity index (χ2n) is 8.33. The van der Waals surface area contributed by atoms with Gasteiger partial charge in [-0.2, -0.15) is 0 Å². The number of halogens is 1.